The smallest absolute Gasteiger partial charge is 0.315 e. The van der Waals surface area contributed by atoms with Gasteiger partial charge >= 0.3 is 12.0 Å². The molecule has 0 aliphatic heterocycles. The lowest BCUT2D eigenvalue weighted by Gasteiger charge is -2.42. The van der Waals surface area contributed by atoms with Gasteiger partial charge in [-0.2, -0.15) is 0 Å². The van der Waals surface area contributed by atoms with Crippen molar-refractivity contribution in [1.29, 1.82) is 0 Å². The van der Waals surface area contributed by atoms with Crippen LogP contribution in [0.2, 0.25) is 0 Å². The molecule has 3 rings (SSSR count). The van der Waals surface area contributed by atoms with E-state index in [4.69, 9.17) is 5.11 Å². The monoisotopic (exact) mass is 254 g/mol. The molecule has 3 N–H and O–H groups in total. The Morgan fingerprint density at radius 1 is 1.17 bits per heavy atom. The molecular weight excluding hydrogens is 232 g/mol. The lowest BCUT2D eigenvalue weighted by atomic mass is 9.68. The van der Waals surface area contributed by atoms with E-state index in [1.54, 1.807) is 0 Å². The summed E-state index contributed by atoms with van der Waals surface area (Å²) in [4.78, 5) is 22.0. The van der Waals surface area contributed by atoms with Crippen LogP contribution in [0.25, 0.3) is 0 Å². The third-order valence-electron chi connectivity index (χ3n) is 4.22. The van der Waals surface area contributed by atoms with Crippen molar-refractivity contribution in [1.82, 2.24) is 10.6 Å². The van der Waals surface area contributed by atoms with Gasteiger partial charge in [-0.25, -0.2) is 4.79 Å². The highest BCUT2D eigenvalue weighted by atomic mass is 16.4. The lowest BCUT2D eigenvalue weighted by Crippen LogP contribution is -2.50. The normalized spacial score (nSPS) is 29.9. The van der Waals surface area contributed by atoms with E-state index in [2.05, 4.69) is 10.6 Å². The second kappa shape index (κ2) is 6.07. The number of aliphatic carboxylic acids is 1. The largest absolute Gasteiger partial charge is 0.481 e. The van der Waals surface area contributed by atoms with Crippen molar-refractivity contribution in [3.8, 4) is 0 Å². The molecule has 0 saturated heterocycles. The van der Waals surface area contributed by atoms with E-state index in [-0.39, 0.29) is 12.5 Å². The molecular formula is C13H22N2O3. The third kappa shape index (κ3) is 3.62. The second-order valence-corrected chi connectivity index (χ2v) is 5.52. The maximum absolute atomic E-state index is 11.7. The standard InChI is InChI=1S/C13H22N2O3/c16-12(17)2-1-7-14-13(18)15-11-8-9-3-5-10(11)6-4-9/h9-11H,1-8H2,(H,16,17)(H2,14,15,18). The molecule has 3 fully saturated rings. The van der Waals surface area contributed by atoms with Gasteiger partial charge in [-0.1, -0.05) is 12.8 Å². The highest BCUT2D eigenvalue weighted by molar-refractivity contribution is 5.74. The predicted molar refractivity (Wildman–Crippen MR) is 67.3 cm³/mol. The van der Waals surface area contributed by atoms with Gasteiger partial charge in [0.05, 0.1) is 0 Å². The quantitative estimate of drug-likeness (QED) is 0.654. The maximum atomic E-state index is 11.7. The average molecular weight is 254 g/mol. The highest BCUT2D eigenvalue weighted by Crippen LogP contribution is 2.41. The predicted octanol–water partition coefficient (Wildman–Crippen LogP) is 1.73. The van der Waals surface area contributed by atoms with Gasteiger partial charge in [-0.15, -0.1) is 0 Å². The number of fused-ring (bicyclic) bond motifs is 3. The Morgan fingerprint density at radius 3 is 2.44 bits per heavy atom. The SMILES string of the molecule is O=C(O)CCCNC(=O)NC1CC2CCC1CC2. The van der Waals surface area contributed by atoms with E-state index in [1.165, 1.54) is 25.7 Å². The van der Waals surface area contributed by atoms with Gasteiger partial charge in [0.15, 0.2) is 0 Å². The second-order valence-electron chi connectivity index (χ2n) is 5.52. The van der Waals surface area contributed by atoms with Gasteiger partial charge in [-0.3, -0.25) is 4.79 Å². The van der Waals surface area contributed by atoms with E-state index in [9.17, 15) is 9.59 Å². The third-order valence-corrected chi connectivity index (χ3v) is 4.22. The van der Waals surface area contributed by atoms with E-state index >= 15 is 0 Å². The molecule has 1 unspecified atom stereocenters. The van der Waals surface area contributed by atoms with E-state index in [1.807, 2.05) is 0 Å². The zero-order valence-corrected chi connectivity index (χ0v) is 10.7. The van der Waals surface area contributed by atoms with Crippen LogP contribution >= 0.6 is 0 Å². The first-order valence-corrected chi connectivity index (χ1v) is 6.91. The summed E-state index contributed by atoms with van der Waals surface area (Å²) in [5.74, 6) is 0.633. The zero-order valence-electron chi connectivity index (χ0n) is 10.7. The molecule has 0 heterocycles. The number of rotatable bonds is 5. The van der Waals surface area contributed by atoms with Crippen molar-refractivity contribution >= 4 is 12.0 Å². The van der Waals surface area contributed by atoms with Crippen molar-refractivity contribution in [2.45, 2.75) is 51.0 Å². The molecule has 0 aromatic rings. The van der Waals surface area contributed by atoms with Gasteiger partial charge in [0, 0.05) is 19.0 Å². The number of amides is 2. The first-order chi connectivity index (χ1) is 8.65. The van der Waals surface area contributed by atoms with Crippen molar-refractivity contribution < 1.29 is 14.7 Å². The molecule has 102 valence electrons. The molecule has 5 nitrogen and oxygen atoms in total. The van der Waals surface area contributed by atoms with E-state index in [0.29, 0.717) is 24.9 Å². The molecule has 0 radical (unpaired) electrons. The molecule has 3 saturated carbocycles. The lowest BCUT2D eigenvalue weighted by molar-refractivity contribution is -0.137. The number of carbonyl (C=O) groups is 2. The van der Waals surface area contributed by atoms with Crippen LogP contribution in [0.15, 0.2) is 0 Å². The molecule has 1 atom stereocenters. The molecule has 0 aromatic heterocycles. The van der Waals surface area contributed by atoms with Crippen molar-refractivity contribution in [2.24, 2.45) is 11.8 Å². The Kier molecular flexibility index (Phi) is 4.44. The summed E-state index contributed by atoms with van der Waals surface area (Å²) in [5, 5.41) is 14.3. The minimum Gasteiger partial charge on any atom is -0.481 e. The Morgan fingerprint density at radius 2 is 1.89 bits per heavy atom. The summed E-state index contributed by atoms with van der Waals surface area (Å²) in [7, 11) is 0. The molecule has 0 spiro atoms. The molecule has 3 aliphatic carbocycles. The number of hydrogen-bond donors (Lipinski definition) is 3. The minimum absolute atomic E-state index is 0.106. The van der Waals surface area contributed by atoms with E-state index < -0.39 is 5.97 Å². The highest BCUT2D eigenvalue weighted by Gasteiger charge is 2.36. The minimum atomic E-state index is -0.818. The van der Waals surface area contributed by atoms with Crippen LogP contribution < -0.4 is 10.6 Å². The topological polar surface area (TPSA) is 78.4 Å². The van der Waals surface area contributed by atoms with Crippen LogP contribution in [-0.2, 0) is 4.79 Å². The number of carbonyl (C=O) groups excluding carboxylic acids is 1. The maximum Gasteiger partial charge on any atom is 0.315 e. The summed E-state index contributed by atoms with van der Waals surface area (Å²) in [6, 6.07) is 0.190. The van der Waals surface area contributed by atoms with Crippen LogP contribution in [-0.4, -0.2) is 29.7 Å². The number of carboxylic acids is 1. The summed E-state index contributed by atoms with van der Waals surface area (Å²) in [5.41, 5.74) is 0. The van der Waals surface area contributed by atoms with Crippen LogP contribution in [0.3, 0.4) is 0 Å². The molecule has 2 amide bonds. The van der Waals surface area contributed by atoms with Crippen molar-refractivity contribution in [2.75, 3.05) is 6.54 Å². The van der Waals surface area contributed by atoms with Gasteiger partial charge in [0.25, 0.3) is 0 Å². The number of urea groups is 1. The van der Waals surface area contributed by atoms with Crippen molar-refractivity contribution in [3.63, 3.8) is 0 Å². The Bertz CT molecular complexity index is 311. The molecule has 18 heavy (non-hydrogen) atoms. The Hall–Kier alpha value is -1.26. The zero-order chi connectivity index (χ0) is 13.0. The molecule has 2 bridgehead atoms. The van der Waals surface area contributed by atoms with Crippen LogP contribution in [0.5, 0.6) is 0 Å². The number of nitrogens with one attached hydrogen (secondary N) is 2. The fourth-order valence-electron chi connectivity index (χ4n) is 3.22. The first-order valence-electron chi connectivity index (χ1n) is 6.91. The fourth-order valence-corrected chi connectivity index (χ4v) is 3.22. The Balaban J connectivity index is 1.63. The summed E-state index contributed by atoms with van der Waals surface area (Å²) < 4.78 is 0. The Labute approximate surface area is 107 Å². The van der Waals surface area contributed by atoms with Gasteiger partial charge in [0.2, 0.25) is 0 Å². The van der Waals surface area contributed by atoms with Gasteiger partial charge in [-0.05, 0) is 37.5 Å². The molecule has 0 aromatic carbocycles. The van der Waals surface area contributed by atoms with Crippen molar-refractivity contribution in [3.05, 3.63) is 0 Å². The van der Waals surface area contributed by atoms with Crippen LogP contribution in [0.1, 0.15) is 44.9 Å². The van der Waals surface area contributed by atoms with E-state index in [0.717, 1.165) is 12.3 Å². The fraction of sp³-hybridized carbons (Fsp3) is 0.846. The summed E-state index contributed by atoms with van der Waals surface area (Å²) in [6.07, 6.45) is 6.84. The summed E-state index contributed by atoms with van der Waals surface area (Å²) >= 11 is 0. The summed E-state index contributed by atoms with van der Waals surface area (Å²) in [6.45, 7) is 0.430. The number of carboxylic acid groups (broad SMARTS) is 1. The molecule has 3 aliphatic rings. The number of hydrogen-bond acceptors (Lipinski definition) is 2. The van der Waals surface area contributed by atoms with Crippen LogP contribution in [0, 0.1) is 11.8 Å². The van der Waals surface area contributed by atoms with Gasteiger partial charge < -0.3 is 15.7 Å². The molecule has 5 heteroatoms. The van der Waals surface area contributed by atoms with Crippen LogP contribution in [0.4, 0.5) is 4.79 Å². The average Bonchev–Trinajstić information content (AvgIpc) is 2.36. The first kappa shape index (κ1) is 13.2. The van der Waals surface area contributed by atoms with Gasteiger partial charge in [0.1, 0.15) is 0 Å².